The van der Waals surface area contributed by atoms with Crippen LogP contribution in [0, 0.1) is 0 Å². The predicted molar refractivity (Wildman–Crippen MR) is 113 cm³/mol. The topological polar surface area (TPSA) is 61.4 Å². The molecule has 1 aliphatic heterocycles. The minimum absolute atomic E-state index is 0.0450. The van der Waals surface area contributed by atoms with E-state index in [1.807, 2.05) is 25.2 Å². The maximum atomic E-state index is 12.8. The first-order valence-electron chi connectivity index (χ1n) is 10.3. The second-order valence-electron chi connectivity index (χ2n) is 7.73. The van der Waals surface area contributed by atoms with Gasteiger partial charge < -0.3 is 10.6 Å². The number of fused-ring (bicyclic) bond motifs is 1. The van der Waals surface area contributed by atoms with Gasteiger partial charge in [-0.25, -0.2) is 0 Å². The Labute approximate surface area is 167 Å². The number of hydrogen-bond donors (Lipinski definition) is 2. The number of likely N-dealkylation sites (N-methyl/N-ethyl adjacent to an activating group) is 1. The number of rotatable bonds is 8. The van der Waals surface area contributed by atoms with E-state index in [0.29, 0.717) is 13.0 Å². The summed E-state index contributed by atoms with van der Waals surface area (Å²) in [7, 11) is 1.97. The highest BCUT2D eigenvalue weighted by atomic mass is 16.2. The first-order valence-corrected chi connectivity index (χ1v) is 10.3. The molecule has 1 heterocycles. The van der Waals surface area contributed by atoms with Gasteiger partial charge in [0.05, 0.1) is 6.04 Å². The van der Waals surface area contributed by atoms with Crippen LogP contribution in [0.1, 0.15) is 38.2 Å². The van der Waals surface area contributed by atoms with E-state index in [2.05, 4.69) is 46.7 Å². The van der Waals surface area contributed by atoms with Gasteiger partial charge >= 0.3 is 0 Å². The van der Waals surface area contributed by atoms with Crippen molar-refractivity contribution in [1.82, 2.24) is 15.5 Å². The number of nitrogens with zero attached hydrogens (tertiary/aromatic N) is 1. The fourth-order valence-corrected chi connectivity index (χ4v) is 3.83. The second-order valence-corrected chi connectivity index (χ2v) is 7.73. The number of amides is 2. The Kier molecular flexibility index (Phi) is 7.04. The summed E-state index contributed by atoms with van der Waals surface area (Å²) in [4.78, 5) is 27.6. The second kappa shape index (κ2) is 9.69. The van der Waals surface area contributed by atoms with Crippen LogP contribution in [0.4, 0.5) is 0 Å². The Morgan fingerprint density at radius 3 is 2.68 bits per heavy atom. The fraction of sp³-hybridized carbons (Fsp3) is 0.478. The number of carbonyl (C=O) groups excluding carboxylic acids is 2. The van der Waals surface area contributed by atoms with Gasteiger partial charge in [0.1, 0.15) is 6.04 Å². The summed E-state index contributed by atoms with van der Waals surface area (Å²) in [5.74, 6) is -0.146. The Bertz CT molecular complexity index is 820. The summed E-state index contributed by atoms with van der Waals surface area (Å²) < 4.78 is 0. The van der Waals surface area contributed by atoms with Crippen molar-refractivity contribution in [3.05, 3.63) is 48.0 Å². The monoisotopic (exact) mass is 381 g/mol. The smallest absolute Gasteiger partial charge is 0.242 e. The highest BCUT2D eigenvalue weighted by Gasteiger charge is 2.31. The van der Waals surface area contributed by atoms with Gasteiger partial charge in [0.15, 0.2) is 0 Å². The Morgan fingerprint density at radius 1 is 1.18 bits per heavy atom. The van der Waals surface area contributed by atoms with Gasteiger partial charge in [-0.05, 0) is 49.2 Å². The summed E-state index contributed by atoms with van der Waals surface area (Å²) in [6.45, 7) is 3.66. The summed E-state index contributed by atoms with van der Waals surface area (Å²) >= 11 is 0. The van der Waals surface area contributed by atoms with E-state index in [0.717, 1.165) is 43.2 Å². The highest BCUT2D eigenvalue weighted by Crippen LogP contribution is 2.18. The standard InChI is InChI=1S/C23H31N3O2/c1-3-4-13-24-22(27)20(25-23(28)21-10-7-14-26(21)2)16-17-11-12-18-8-5-6-9-19(18)15-17/h5-6,8-9,11-12,15,20-21H,3-4,7,10,13-14,16H2,1-2H3,(H,24,27)(H,25,28)/t20?,21-/m0/s1. The Hall–Kier alpha value is -2.40. The van der Waals surface area contributed by atoms with Crippen molar-refractivity contribution < 1.29 is 9.59 Å². The largest absolute Gasteiger partial charge is 0.354 e. The van der Waals surface area contributed by atoms with Crippen molar-refractivity contribution in [3.8, 4) is 0 Å². The van der Waals surface area contributed by atoms with E-state index in [9.17, 15) is 9.59 Å². The molecule has 5 nitrogen and oxygen atoms in total. The van der Waals surface area contributed by atoms with Gasteiger partial charge in [-0.15, -0.1) is 0 Å². The molecule has 150 valence electrons. The number of nitrogens with one attached hydrogen (secondary N) is 2. The molecule has 5 heteroatoms. The van der Waals surface area contributed by atoms with E-state index in [4.69, 9.17) is 0 Å². The van der Waals surface area contributed by atoms with Gasteiger partial charge in [0, 0.05) is 13.0 Å². The lowest BCUT2D eigenvalue weighted by Gasteiger charge is -2.24. The van der Waals surface area contributed by atoms with E-state index in [-0.39, 0.29) is 17.9 Å². The molecule has 2 atom stereocenters. The lowest BCUT2D eigenvalue weighted by atomic mass is 10.0. The van der Waals surface area contributed by atoms with Crippen LogP contribution in [-0.2, 0) is 16.0 Å². The van der Waals surface area contributed by atoms with Crippen molar-refractivity contribution in [3.63, 3.8) is 0 Å². The number of unbranched alkanes of at least 4 members (excludes halogenated alkanes) is 1. The zero-order valence-electron chi connectivity index (χ0n) is 16.9. The van der Waals surface area contributed by atoms with Crippen molar-refractivity contribution in [2.45, 2.75) is 51.1 Å². The molecule has 0 aromatic heterocycles. The minimum Gasteiger partial charge on any atom is -0.354 e. The Balaban J connectivity index is 1.74. The third-order valence-electron chi connectivity index (χ3n) is 5.54. The van der Waals surface area contributed by atoms with Crippen molar-refractivity contribution >= 4 is 22.6 Å². The van der Waals surface area contributed by atoms with Crippen LogP contribution in [-0.4, -0.2) is 48.9 Å². The van der Waals surface area contributed by atoms with Gasteiger partial charge in [-0.1, -0.05) is 55.8 Å². The first kappa shape index (κ1) is 20.3. The van der Waals surface area contributed by atoms with Gasteiger partial charge in [0.25, 0.3) is 0 Å². The van der Waals surface area contributed by atoms with Crippen LogP contribution in [0.3, 0.4) is 0 Å². The molecular weight excluding hydrogens is 350 g/mol. The molecule has 2 aromatic carbocycles. The van der Waals surface area contributed by atoms with Crippen LogP contribution in [0.25, 0.3) is 10.8 Å². The number of likely N-dealkylation sites (tertiary alicyclic amines) is 1. The summed E-state index contributed by atoms with van der Waals surface area (Å²) in [5.41, 5.74) is 1.05. The lowest BCUT2D eigenvalue weighted by Crippen LogP contribution is -2.52. The highest BCUT2D eigenvalue weighted by molar-refractivity contribution is 5.90. The van der Waals surface area contributed by atoms with Crippen LogP contribution in [0.2, 0.25) is 0 Å². The van der Waals surface area contributed by atoms with E-state index in [1.165, 1.54) is 5.39 Å². The molecule has 1 aliphatic rings. The van der Waals surface area contributed by atoms with E-state index < -0.39 is 6.04 Å². The zero-order chi connectivity index (χ0) is 19.9. The quantitative estimate of drug-likeness (QED) is 0.691. The van der Waals surface area contributed by atoms with Crippen molar-refractivity contribution in [1.29, 1.82) is 0 Å². The van der Waals surface area contributed by atoms with Gasteiger partial charge in [0.2, 0.25) is 11.8 Å². The molecule has 0 spiro atoms. The third kappa shape index (κ3) is 5.10. The molecule has 2 N–H and O–H groups in total. The summed E-state index contributed by atoms with van der Waals surface area (Å²) in [6.07, 6.45) is 4.32. The normalized spacial score (nSPS) is 18.1. The van der Waals surface area contributed by atoms with Crippen molar-refractivity contribution in [2.24, 2.45) is 0 Å². The number of carbonyl (C=O) groups is 2. The molecule has 1 fully saturated rings. The third-order valence-corrected chi connectivity index (χ3v) is 5.54. The van der Waals surface area contributed by atoms with Gasteiger partial charge in [-0.3, -0.25) is 14.5 Å². The molecular formula is C23H31N3O2. The van der Waals surface area contributed by atoms with Crippen LogP contribution in [0.15, 0.2) is 42.5 Å². The summed E-state index contributed by atoms with van der Waals surface area (Å²) in [6, 6.07) is 13.7. The molecule has 28 heavy (non-hydrogen) atoms. The predicted octanol–water partition coefficient (Wildman–Crippen LogP) is 2.88. The maximum Gasteiger partial charge on any atom is 0.242 e. The number of benzene rings is 2. The van der Waals surface area contributed by atoms with Crippen LogP contribution < -0.4 is 10.6 Å². The molecule has 1 unspecified atom stereocenters. The average molecular weight is 382 g/mol. The molecule has 2 aromatic rings. The fourth-order valence-electron chi connectivity index (χ4n) is 3.83. The average Bonchev–Trinajstić information content (AvgIpc) is 3.13. The maximum absolute atomic E-state index is 12.8. The number of hydrogen-bond acceptors (Lipinski definition) is 3. The van der Waals surface area contributed by atoms with E-state index in [1.54, 1.807) is 0 Å². The molecule has 0 aliphatic carbocycles. The van der Waals surface area contributed by atoms with Crippen LogP contribution >= 0.6 is 0 Å². The molecule has 0 saturated carbocycles. The van der Waals surface area contributed by atoms with Crippen LogP contribution in [0.5, 0.6) is 0 Å². The van der Waals surface area contributed by atoms with Crippen molar-refractivity contribution in [2.75, 3.05) is 20.1 Å². The van der Waals surface area contributed by atoms with E-state index >= 15 is 0 Å². The Morgan fingerprint density at radius 2 is 1.96 bits per heavy atom. The SMILES string of the molecule is CCCCNC(=O)C(Cc1ccc2ccccc2c1)NC(=O)[C@@H]1CCCN1C. The molecule has 2 amide bonds. The molecule has 3 rings (SSSR count). The van der Waals surface area contributed by atoms with Gasteiger partial charge in [-0.2, -0.15) is 0 Å². The molecule has 0 bridgehead atoms. The minimum atomic E-state index is -0.556. The summed E-state index contributed by atoms with van der Waals surface area (Å²) in [5, 5.41) is 8.32. The molecule has 1 saturated heterocycles. The zero-order valence-corrected chi connectivity index (χ0v) is 16.9. The first-order chi connectivity index (χ1) is 13.6. The molecule has 0 radical (unpaired) electrons. The lowest BCUT2D eigenvalue weighted by molar-refractivity contribution is -0.131.